The van der Waals surface area contributed by atoms with Crippen LogP contribution in [0.4, 0.5) is 0 Å². The molecule has 0 radical (unpaired) electrons. The van der Waals surface area contributed by atoms with Crippen LogP contribution in [-0.4, -0.2) is 18.5 Å². The minimum absolute atomic E-state index is 0.242. The summed E-state index contributed by atoms with van der Waals surface area (Å²) in [4.78, 5) is 11.6. The molecule has 1 aliphatic rings. The topological polar surface area (TPSA) is 55.1 Å². The molecule has 1 aliphatic carbocycles. The lowest BCUT2D eigenvalue weighted by Gasteiger charge is -2.12. The second-order valence-corrected chi connectivity index (χ2v) is 5.14. The maximum atomic E-state index is 11.6. The van der Waals surface area contributed by atoms with Crippen LogP contribution < -0.4 is 11.1 Å². The van der Waals surface area contributed by atoms with E-state index in [-0.39, 0.29) is 5.91 Å². The Labute approximate surface area is 99.2 Å². The van der Waals surface area contributed by atoms with Crippen LogP contribution in [0.5, 0.6) is 0 Å². The normalized spacial score (nSPS) is 24.6. The van der Waals surface area contributed by atoms with E-state index in [1.165, 1.54) is 19.3 Å². The number of hydrogen-bond acceptors (Lipinski definition) is 2. The molecular formula is C13H26N2O. The van der Waals surface area contributed by atoms with Crippen molar-refractivity contribution in [1.82, 2.24) is 5.32 Å². The summed E-state index contributed by atoms with van der Waals surface area (Å²) in [6, 6.07) is 0.451. The third kappa shape index (κ3) is 5.50. The number of unbranched alkanes of at least 4 members (excludes halogenated alkanes) is 3. The second-order valence-electron chi connectivity index (χ2n) is 5.14. The summed E-state index contributed by atoms with van der Waals surface area (Å²) in [5.74, 6) is 1.03. The molecule has 1 fully saturated rings. The van der Waals surface area contributed by atoms with Gasteiger partial charge in [0.2, 0.25) is 5.91 Å². The Hall–Kier alpha value is -0.570. The number of carbonyl (C=O) groups excluding carboxylic acids is 1. The second kappa shape index (κ2) is 7.66. The number of nitrogens with one attached hydrogen (secondary N) is 1. The van der Waals surface area contributed by atoms with Crippen LogP contribution in [0.3, 0.4) is 0 Å². The Morgan fingerprint density at radius 3 is 2.62 bits per heavy atom. The number of rotatable bonds is 7. The van der Waals surface area contributed by atoms with Crippen LogP contribution in [0.1, 0.15) is 58.3 Å². The van der Waals surface area contributed by atoms with Crippen LogP contribution in [0.25, 0.3) is 0 Å². The molecule has 3 heteroatoms. The number of carbonyl (C=O) groups is 1. The van der Waals surface area contributed by atoms with Crippen LogP contribution >= 0.6 is 0 Å². The Bertz CT molecular complexity index is 206. The van der Waals surface area contributed by atoms with Gasteiger partial charge in [0.05, 0.1) is 0 Å². The van der Waals surface area contributed by atoms with Crippen molar-refractivity contribution in [3.63, 3.8) is 0 Å². The van der Waals surface area contributed by atoms with Crippen LogP contribution in [0.15, 0.2) is 0 Å². The Kier molecular flexibility index (Phi) is 6.46. The van der Waals surface area contributed by atoms with Crippen molar-refractivity contribution in [3.8, 4) is 0 Å². The van der Waals surface area contributed by atoms with Gasteiger partial charge in [-0.2, -0.15) is 0 Å². The standard InChI is InChI=1S/C13H26N2O/c1-11-7-8-12(10-11)15-13(16)6-4-2-3-5-9-14/h11-12H,2-10,14H2,1H3,(H,15,16). The molecule has 0 heterocycles. The summed E-state index contributed by atoms with van der Waals surface area (Å²) in [5.41, 5.74) is 5.41. The Balaban J connectivity index is 1.98. The SMILES string of the molecule is CC1CCC(NC(=O)CCCCCCN)C1. The van der Waals surface area contributed by atoms with E-state index in [4.69, 9.17) is 5.73 Å². The zero-order valence-electron chi connectivity index (χ0n) is 10.5. The minimum atomic E-state index is 0.242. The smallest absolute Gasteiger partial charge is 0.220 e. The molecule has 94 valence electrons. The molecule has 0 aromatic carbocycles. The largest absolute Gasteiger partial charge is 0.353 e. The van der Waals surface area contributed by atoms with Crippen molar-refractivity contribution in [1.29, 1.82) is 0 Å². The maximum Gasteiger partial charge on any atom is 0.220 e. The predicted octanol–water partition coefficient (Wildman–Crippen LogP) is 2.20. The summed E-state index contributed by atoms with van der Waals surface area (Å²) >= 11 is 0. The fourth-order valence-electron chi connectivity index (χ4n) is 2.42. The third-order valence-corrected chi connectivity index (χ3v) is 3.42. The highest BCUT2D eigenvalue weighted by atomic mass is 16.1. The molecule has 1 rings (SSSR count). The van der Waals surface area contributed by atoms with E-state index in [2.05, 4.69) is 12.2 Å². The van der Waals surface area contributed by atoms with Crippen molar-refractivity contribution in [3.05, 3.63) is 0 Å². The summed E-state index contributed by atoms with van der Waals surface area (Å²) < 4.78 is 0. The zero-order valence-corrected chi connectivity index (χ0v) is 10.5. The van der Waals surface area contributed by atoms with Crippen molar-refractivity contribution in [2.75, 3.05) is 6.54 Å². The fourth-order valence-corrected chi connectivity index (χ4v) is 2.42. The molecule has 0 bridgehead atoms. The monoisotopic (exact) mass is 226 g/mol. The first-order valence-electron chi connectivity index (χ1n) is 6.71. The number of amides is 1. The molecule has 0 aromatic heterocycles. The average Bonchev–Trinajstić information content (AvgIpc) is 2.63. The minimum Gasteiger partial charge on any atom is -0.353 e. The van der Waals surface area contributed by atoms with Crippen LogP contribution in [0.2, 0.25) is 0 Å². The van der Waals surface area contributed by atoms with E-state index in [1.807, 2.05) is 0 Å². The molecule has 0 aliphatic heterocycles. The number of hydrogen-bond donors (Lipinski definition) is 2. The van der Waals surface area contributed by atoms with Gasteiger partial charge in [0, 0.05) is 12.5 Å². The van der Waals surface area contributed by atoms with Gasteiger partial charge in [-0.3, -0.25) is 4.79 Å². The lowest BCUT2D eigenvalue weighted by molar-refractivity contribution is -0.121. The fraction of sp³-hybridized carbons (Fsp3) is 0.923. The van der Waals surface area contributed by atoms with E-state index >= 15 is 0 Å². The van der Waals surface area contributed by atoms with Gasteiger partial charge in [-0.25, -0.2) is 0 Å². The highest BCUT2D eigenvalue weighted by Crippen LogP contribution is 2.24. The lowest BCUT2D eigenvalue weighted by atomic mass is 10.1. The maximum absolute atomic E-state index is 11.6. The first kappa shape index (κ1) is 13.5. The number of nitrogens with two attached hydrogens (primary N) is 1. The van der Waals surface area contributed by atoms with Crippen molar-refractivity contribution >= 4 is 5.91 Å². The zero-order chi connectivity index (χ0) is 11.8. The summed E-state index contributed by atoms with van der Waals surface area (Å²) in [6.07, 6.45) is 8.67. The summed E-state index contributed by atoms with van der Waals surface area (Å²) in [7, 11) is 0. The Morgan fingerprint density at radius 2 is 2.00 bits per heavy atom. The quantitative estimate of drug-likeness (QED) is 0.654. The Morgan fingerprint density at radius 1 is 1.25 bits per heavy atom. The summed E-state index contributed by atoms with van der Waals surface area (Å²) in [6.45, 7) is 3.03. The first-order valence-corrected chi connectivity index (χ1v) is 6.71. The molecule has 0 spiro atoms. The molecule has 2 atom stereocenters. The van der Waals surface area contributed by atoms with Gasteiger partial charge >= 0.3 is 0 Å². The van der Waals surface area contributed by atoms with E-state index in [1.54, 1.807) is 0 Å². The van der Waals surface area contributed by atoms with Gasteiger partial charge in [0.1, 0.15) is 0 Å². The van der Waals surface area contributed by atoms with E-state index in [0.717, 1.165) is 38.1 Å². The van der Waals surface area contributed by atoms with Gasteiger partial charge in [0.25, 0.3) is 0 Å². The first-order chi connectivity index (χ1) is 7.72. The van der Waals surface area contributed by atoms with Crippen molar-refractivity contribution < 1.29 is 4.79 Å². The van der Waals surface area contributed by atoms with Gasteiger partial charge in [-0.05, 0) is 44.6 Å². The molecule has 3 nitrogen and oxygen atoms in total. The van der Waals surface area contributed by atoms with E-state index in [9.17, 15) is 4.79 Å². The van der Waals surface area contributed by atoms with Gasteiger partial charge in [0.15, 0.2) is 0 Å². The van der Waals surface area contributed by atoms with Gasteiger partial charge in [-0.1, -0.05) is 19.8 Å². The molecule has 1 saturated carbocycles. The highest BCUT2D eigenvalue weighted by molar-refractivity contribution is 5.76. The molecule has 0 saturated heterocycles. The van der Waals surface area contributed by atoms with Gasteiger partial charge < -0.3 is 11.1 Å². The predicted molar refractivity (Wildman–Crippen MR) is 67.1 cm³/mol. The molecular weight excluding hydrogens is 200 g/mol. The van der Waals surface area contributed by atoms with E-state index in [0.29, 0.717) is 12.5 Å². The molecule has 2 unspecified atom stereocenters. The average molecular weight is 226 g/mol. The molecule has 0 aromatic rings. The lowest BCUT2D eigenvalue weighted by Crippen LogP contribution is -2.32. The van der Waals surface area contributed by atoms with Crippen molar-refractivity contribution in [2.45, 2.75) is 64.3 Å². The third-order valence-electron chi connectivity index (χ3n) is 3.42. The van der Waals surface area contributed by atoms with Crippen LogP contribution in [-0.2, 0) is 4.79 Å². The van der Waals surface area contributed by atoms with Gasteiger partial charge in [-0.15, -0.1) is 0 Å². The molecule has 3 N–H and O–H groups in total. The van der Waals surface area contributed by atoms with Crippen LogP contribution in [0, 0.1) is 5.92 Å². The molecule has 16 heavy (non-hydrogen) atoms. The van der Waals surface area contributed by atoms with E-state index < -0.39 is 0 Å². The summed E-state index contributed by atoms with van der Waals surface area (Å²) in [5, 5.41) is 3.14. The highest BCUT2D eigenvalue weighted by Gasteiger charge is 2.22. The molecule has 1 amide bonds. The van der Waals surface area contributed by atoms with Crippen molar-refractivity contribution in [2.24, 2.45) is 11.7 Å².